The minimum Gasteiger partial charge on any atom is -0.478 e. The van der Waals surface area contributed by atoms with Crippen LogP contribution in [0.25, 0.3) is 0 Å². The van der Waals surface area contributed by atoms with E-state index < -0.39 is 5.97 Å². The lowest BCUT2D eigenvalue weighted by atomic mass is 9.84. The van der Waals surface area contributed by atoms with Crippen LogP contribution in [0.5, 0.6) is 0 Å². The number of hydrogen-bond donors (Lipinski definition) is 2. The Morgan fingerprint density at radius 1 is 1.43 bits per heavy atom. The van der Waals surface area contributed by atoms with Crippen molar-refractivity contribution in [2.24, 2.45) is 24.8 Å². The number of aryl methyl sites for hydroxylation is 1. The second kappa shape index (κ2) is 5.16. The van der Waals surface area contributed by atoms with Gasteiger partial charge >= 0.3 is 5.97 Å². The van der Waals surface area contributed by atoms with Gasteiger partial charge in [-0.25, -0.2) is 4.79 Å². The summed E-state index contributed by atoms with van der Waals surface area (Å²) in [5.41, 5.74) is -0.0462. The molecule has 0 saturated heterocycles. The largest absolute Gasteiger partial charge is 0.478 e. The predicted octanol–water partition coefficient (Wildman–Crippen LogP) is 1.67. The monoisotopic (exact) mass is 291 g/mol. The van der Waals surface area contributed by atoms with Crippen molar-refractivity contribution in [2.45, 2.75) is 38.6 Å². The number of amides is 1. The molecule has 1 heterocycles. The third kappa shape index (κ3) is 2.54. The zero-order valence-corrected chi connectivity index (χ0v) is 12.4. The second-order valence-electron chi connectivity index (χ2n) is 6.47. The summed E-state index contributed by atoms with van der Waals surface area (Å²) in [5.74, 6) is 0.547. The summed E-state index contributed by atoms with van der Waals surface area (Å²) in [6, 6.07) is 0.0662. The Balaban J connectivity index is 1.70. The lowest BCUT2D eigenvalue weighted by molar-refractivity contribution is 0.0689. The van der Waals surface area contributed by atoms with Gasteiger partial charge in [-0.1, -0.05) is 6.42 Å². The fourth-order valence-electron chi connectivity index (χ4n) is 4.10. The predicted molar refractivity (Wildman–Crippen MR) is 76.0 cm³/mol. The molecule has 0 aliphatic heterocycles. The molecule has 3 rings (SSSR count). The van der Waals surface area contributed by atoms with Crippen molar-refractivity contribution >= 4 is 11.9 Å². The number of fused-ring (bicyclic) bond motifs is 2. The minimum absolute atomic E-state index is 0.00000591. The van der Waals surface area contributed by atoms with Crippen molar-refractivity contribution in [1.29, 1.82) is 0 Å². The van der Waals surface area contributed by atoms with Gasteiger partial charge in [-0.15, -0.1) is 0 Å². The number of carboxylic acids is 1. The maximum absolute atomic E-state index is 12.3. The van der Waals surface area contributed by atoms with Crippen molar-refractivity contribution in [3.05, 3.63) is 17.5 Å². The van der Waals surface area contributed by atoms with Crippen molar-refractivity contribution in [1.82, 2.24) is 15.1 Å². The minimum atomic E-state index is -1.12. The lowest BCUT2D eigenvalue weighted by Gasteiger charge is -2.28. The number of aromatic carboxylic acids is 1. The molecule has 2 N–H and O–H groups in total. The molecule has 4 atom stereocenters. The van der Waals surface area contributed by atoms with E-state index in [4.69, 9.17) is 5.11 Å². The molecule has 0 radical (unpaired) electrons. The molecule has 6 heteroatoms. The van der Waals surface area contributed by atoms with Gasteiger partial charge in [0.05, 0.1) is 0 Å². The molecule has 114 valence electrons. The van der Waals surface area contributed by atoms with E-state index in [9.17, 15) is 9.59 Å². The summed E-state index contributed by atoms with van der Waals surface area (Å²) in [4.78, 5) is 23.5. The van der Waals surface area contributed by atoms with E-state index in [0.29, 0.717) is 11.8 Å². The van der Waals surface area contributed by atoms with Crippen LogP contribution in [0.4, 0.5) is 0 Å². The summed E-state index contributed by atoms with van der Waals surface area (Å²) >= 11 is 0. The third-order valence-corrected chi connectivity index (χ3v) is 5.07. The Kier molecular flexibility index (Phi) is 3.47. The first-order valence-corrected chi connectivity index (χ1v) is 7.53. The average molecular weight is 291 g/mol. The van der Waals surface area contributed by atoms with Crippen molar-refractivity contribution in [3.63, 3.8) is 0 Å². The second-order valence-corrected chi connectivity index (χ2v) is 6.47. The SMILES string of the molecule is C[C@H](NC(=O)c1nn(C)cc1C(=O)O)[C@H]1C[C@@H]2CC[C@@H]1C2. The number of nitrogens with one attached hydrogen (secondary N) is 1. The highest BCUT2D eigenvalue weighted by atomic mass is 16.4. The highest BCUT2D eigenvalue weighted by molar-refractivity contribution is 6.03. The van der Waals surface area contributed by atoms with Crippen molar-refractivity contribution in [3.8, 4) is 0 Å². The first-order chi connectivity index (χ1) is 9.95. The molecule has 2 saturated carbocycles. The zero-order valence-electron chi connectivity index (χ0n) is 12.4. The molecular weight excluding hydrogens is 270 g/mol. The van der Waals surface area contributed by atoms with Gasteiger partial charge in [0.2, 0.25) is 0 Å². The number of rotatable bonds is 4. The van der Waals surface area contributed by atoms with E-state index in [-0.39, 0.29) is 23.2 Å². The molecule has 2 fully saturated rings. The highest BCUT2D eigenvalue weighted by Crippen LogP contribution is 2.49. The van der Waals surface area contributed by atoms with E-state index >= 15 is 0 Å². The van der Waals surface area contributed by atoms with Gasteiger partial charge < -0.3 is 10.4 Å². The standard InChI is InChI=1S/C15H21N3O3/c1-8(11-6-9-3-4-10(11)5-9)16-14(19)13-12(15(20)21)7-18(2)17-13/h7-11H,3-6H2,1-2H3,(H,16,19)(H,20,21)/t8-,9+,10+,11+/m0/s1. The third-order valence-electron chi connectivity index (χ3n) is 5.07. The maximum Gasteiger partial charge on any atom is 0.339 e. The first kappa shape index (κ1) is 14.1. The summed E-state index contributed by atoms with van der Waals surface area (Å²) in [5, 5.41) is 16.1. The van der Waals surface area contributed by atoms with Crippen LogP contribution in [0.15, 0.2) is 6.20 Å². The van der Waals surface area contributed by atoms with E-state index in [0.717, 1.165) is 5.92 Å². The molecule has 2 aliphatic rings. The summed E-state index contributed by atoms with van der Waals surface area (Å²) < 4.78 is 1.36. The smallest absolute Gasteiger partial charge is 0.339 e. The van der Waals surface area contributed by atoms with Gasteiger partial charge in [-0.2, -0.15) is 5.10 Å². The maximum atomic E-state index is 12.3. The summed E-state index contributed by atoms with van der Waals surface area (Å²) in [6.07, 6.45) is 6.42. The van der Waals surface area contributed by atoms with Gasteiger partial charge in [0.15, 0.2) is 5.69 Å². The number of carbonyl (C=O) groups is 2. The number of carbonyl (C=O) groups excluding carboxylic acids is 1. The van der Waals surface area contributed by atoms with Crippen molar-refractivity contribution < 1.29 is 14.7 Å². The Morgan fingerprint density at radius 3 is 2.76 bits per heavy atom. The van der Waals surface area contributed by atoms with Crippen LogP contribution in [0.2, 0.25) is 0 Å². The van der Waals surface area contributed by atoms with Crippen LogP contribution in [-0.4, -0.2) is 32.8 Å². The Labute approximate surface area is 123 Å². The number of aromatic nitrogens is 2. The first-order valence-electron chi connectivity index (χ1n) is 7.53. The van der Waals surface area contributed by atoms with Crippen LogP contribution in [0, 0.1) is 17.8 Å². The van der Waals surface area contributed by atoms with Crippen LogP contribution >= 0.6 is 0 Å². The van der Waals surface area contributed by atoms with E-state index in [1.54, 1.807) is 7.05 Å². The molecule has 2 bridgehead atoms. The Bertz CT molecular complexity index is 581. The average Bonchev–Trinajstić information content (AvgIpc) is 3.12. The molecular formula is C15H21N3O3. The molecule has 0 spiro atoms. The molecule has 6 nitrogen and oxygen atoms in total. The number of hydrogen-bond acceptors (Lipinski definition) is 3. The normalized spacial score (nSPS) is 28.6. The van der Waals surface area contributed by atoms with Gasteiger partial charge in [-0.3, -0.25) is 9.48 Å². The highest BCUT2D eigenvalue weighted by Gasteiger charge is 2.42. The Hall–Kier alpha value is -1.85. The molecule has 2 aliphatic carbocycles. The number of nitrogens with zero attached hydrogens (tertiary/aromatic N) is 2. The molecule has 0 aromatic carbocycles. The van der Waals surface area contributed by atoms with Gasteiger partial charge in [-0.05, 0) is 43.9 Å². The van der Waals surface area contributed by atoms with Crippen LogP contribution in [-0.2, 0) is 7.05 Å². The fourth-order valence-corrected chi connectivity index (χ4v) is 4.10. The van der Waals surface area contributed by atoms with E-state index in [1.165, 1.54) is 36.6 Å². The van der Waals surface area contributed by atoms with Gasteiger partial charge in [0.25, 0.3) is 5.91 Å². The summed E-state index contributed by atoms with van der Waals surface area (Å²) in [7, 11) is 1.61. The Morgan fingerprint density at radius 2 is 2.19 bits per heavy atom. The molecule has 1 aromatic rings. The summed E-state index contributed by atoms with van der Waals surface area (Å²) in [6.45, 7) is 2.02. The van der Waals surface area contributed by atoms with E-state index in [1.807, 2.05) is 6.92 Å². The van der Waals surface area contributed by atoms with Crippen LogP contribution < -0.4 is 5.32 Å². The van der Waals surface area contributed by atoms with Crippen molar-refractivity contribution in [2.75, 3.05) is 0 Å². The van der Waals surface area contributed by atoms with Crippen LogP contribution in [0.3, 0.4) is 0 Å². The molecule has 0 unspecified atom stereocenters. The van der Waals surface area contributed by atoms with Gasteiger partial charge in [0.1, 0.15) is 5.56 Å². The fraction of sp³-hybridized carbons (Fsp3) is 0.667. The lowest BCUT2D eigenvalue weighted by Crippen LogP contribution is -2.40. The number of carboxylic acid groups (broad SMARTS) is 1. The van der Waals surface area contributed by atoms with Gasteiger partial charge in [0, 0.05) is 19.3 Å². The van der Waals surface area contributed by atoms with Crippen LogP contribution in [0.1, 0.15) is 53.5 Å². The zero-order chi connectivity index (χ0) is 15.1. The quantitative estimate of drug-likeness (QED) is 0.884. The van der Waals surface area contributed by atoms with E-state index in [2.05, 4.69) is 10.4 Å². The molecule has 1 amide bonds. The topological polar surface area (TPSA) is 84.2 Å². The molecule has 1 aromatic heterocycles. The molecule has 21 heavy (non-hydrogen) atoms.